The molecule has 1 saturated carbocycles. The standard InChI is InChI=1S/C28H37Cl2N3O5S/c1-20(28(35)31-22-9-5-4-6-10-22)32(19-21-14-15-25(29)26(30)17-21)27(34)13-8-16-33(39(3,36)37)23-11-7-12-24(18-23)38-2/h7,11-12,14-15,17-18,20,22H,4-6,8-10,13,16,19H2,1-3H3,(H,31,35). The highest BCUT2D eigenvalue weighted by atomic mass is 35.5. The van der Waals surface area contributed by atoms with Crippen molar-refractivity contribution < 1.29 is 22.7 Å². The van der Waals surface area contributed by atoms with Crippen molar-refractivity contribution in [1.82, 2.24) is 10.2 Å². The van der Waals surface area contributed by atoms with Gasteiger partial charge in [0, 0.05) is 31.6 Å². The van der Waals surface area contributed by atoms with Gasteiger partial charge in [0.1, 0.15) is 11.8 Å². The Hall–Kier alpha value is -2.49. The molecule has 2 aromatic rings. The highest BCUT2D eigenvalue weighted by molar-refractivity contribution is 7.92. The maximum atomic E-state index is 13.5. The molecule has 0 aromatic heterocycles. The van der Waals surface area contributed by atoms with Crippen molar-refractivity contribution in [2.24, 2.45) is 0 Å². The van der Waals surface area contributed by atoms with E-state index in [1.807, 2.05) is 0 Å². The molecule has 1 atom stereocenters. The largest absolute Gasteiger partial charge is 0.497 e. The Bertz CT molecular complexity index is 1250. The average molecular weight is 599 g/mol. The third-order valence-electron chi connectivity index (χ3n) is 6.95. The molecule has 11 heteroatoms. The lowest BCUT2D eigenvalue weighted by Crippen LogP contribution is -2.50. The SMILES string of the molecule is COc1cccc(N(CCCC(=O)N(Cc2ccc(Cl)c(Cl)c2)C(C)C(=O)NC2CCCCC2)S(C)(=O)=O)c1. The smallest absolute Gasteiger partial charge is 0.242 e. The van der Waals surface area contributed by atoms with Crippen LogP contribution in [0.2, 0.25) is 10.0 Å². The molecule has 0 spiro atoms. The molecule has 2 amide bonds. The van der Waals surface area contributed by atoms with Crippen LogP contribution in [0.15, 0.2) is 42.5 Å². The summed E-state index contributed by atoms with van der Waals surface area (Å²) in [5.74, 6) is 0.0683. The first-order valence-electron chi connectivity index (χ1n) is 13.1. The highest BCUT2D eigenvalue weighted by Gasteiger charge is 2.28. The first-order valence-corrected chi connectivity index (χ1v) is 15.8. The maximum absolute atomic E-state index is 13.5. The Morgan fingerprint density at radius 2 is 1.79 bits per heavy atom. The number of nitrogens with one attached hydrogen (secondary N) is 1. The van der Waals surface area contributed by atoms with Crippen LogP contribution in [0.3, 0.4) is 0 Å². The second-order valence-corrected chi connectivity index (χ2v) is 12.7. The Labute approximate surface area is 241 Å². The molecule has 0 aliphatic heterocycles. The minimum absolute atomic E-state index is 0.0539. The van der Waals surface area contributed by atoms with Crippen LogP contribution >= 0.6 is 23.2 Å². The summed E-state index contributed by atoms with van der Waals surface area (Å²) in [4.78, 5) is 28.2. The number of methoxy groups -OCH3 is 1. The van der Waals surface area contributed by atoms with Gasteiger partial charge in [-0.3, -0.25) is 13.9 Å². The number of benzene rings is 2. The molecule has 1 aliphatic rings. The second-order valence-electron chi connectivity index (χ2n) is 9.93. The summed E-state index contributed by atoms with van der Waals surface area (Å²) >= 11 is 12.3. The summed E-state index contributed by atoms with van der Waals surface area (Å²) in [6, 6.07) is 11.3. The van der Waals surface area contributed by atoms with Crippen LogP contribution in [0, 0.1) is 0 Å². The summed E-state index contributed by atoms with van der Waals surface area (Å²) in [7, 11) is -2.09. The van der Waals surface area contributed by atoms with Gasteiger partial charge < -0.3 is 15.0 Å². The minimum atomic E-state index is -3.60. The van der Waals surface area contributed by atoms with Crippen LogP contribution in [0.25, 0.3) is 0 Å². The van der Waals surface area contributed by atoms with Gasteiger partial charge in [-0.2, -0.15) is 0 Å². The van der Waals surface area contributed by atoms with E-state index < -0.39 is 16.1 Å². The minimum Gasteiger partial charge on any atom is -0.497 e. The van der Waals surface area contributed by atoms with Crippen molar-refractivity contribution in [2.75, 3.05) is 24.2 Å². The van der Waals surface area contributed by atoms with E-state index in [0.29, 0.717) is 21.5 Å². The molecule has 0 heterocycles. The van der Waals surface area contributed by atoms with Crippen LogP contribution in [-0.4, -0.2) is 57.1 Å². The Morgan fingerprint density at radius 1 is 1.08 bits per heavy atom. The molecule has 8 nitrogen and oxygen atoms in total. The Morgan fingerprint density at radius 3 is 2.44 bits per heavy atom. The molecule has 0 radical (unpaired) electrons. The fourth-order valence-corrected chi connectivity index (χ4v) is 6.03. The summed E-state index contributed by atoms with van der Waals surface area (Å²) in [5.41, 5.74) is 1.20. The topological polar surface area (TPSA) is 96.0 Å². The maximum Gasteiger partial charge on any atom is 0.242 e. The summed E-state index contributed by atoms with van der Waals surface area (Å²) in [5, 5.41) is 3.87. The third kappa shape index (κ3) is 9.01. The van der Waals surface area contributed by atoms with Crippen LogP contribution in [-0.2, 0) is 26.2 Å². The number of hydrogen-bond donors (Lipinski definition) is 1. The lowest BCUT2D eigenvalue weighted by molar-refractivity contribution is -0.141. The zero-order valence-electron chi connectivity index (χ0n) is 22.7. The van der Waals surface area contributed by atoms with Crippen LogP contribution in [0.4, 0.5) is 5.69 Å². The van der Waals surface area contributed by atoms with Crippen LogP contribution < -0.4 is 14.4 Å². The van der Waals surface area contributed by atoms with E-state index in [-0.39, 0.29) is 43.8 Å². The molecule has 0 saturated heterocycles. The molecule has 1 N–H and O–H groups in total. The van der Waals surface area contributed by atoms with Crippen molar-refractivity contribution in [2.45, 2.75) is 70.5 Å². The molecule has 1 unspecified atom stereocenters. The van der Waals surface area contributed by atoms with E-state index >= 15 is 0 Å². The fourth-order valence-electron chi connectivity index (χ4n) is 4.76. The van der Waals surface area contributed by atoms with Gasteiger partial charge in [-0.25, -0.2) is 8.42 Å². The summed E-state index contributed by atoms with van der Waals surface area (Å²) < 4.78 is 31.6. The third-order valence-corrected chi connectivity index (χ3v) is 8.88. The number of nitrogens with zero attached hydrogens (tertiary/aromatic N) is 2. The number of anilines is 1. The van der Waals surface area contributed by atoms with Gasteiger partial charge in [0.25, 0.3) is 0 Å². The molecular weight excluding hydrogens is 561 g/mol. The van der Waals surface area contributed by atoms with Gasteiger partial charge in [0.2, 0.25) is 21.8 Å². The Kier molecular flexibility index (Phi) is 11.3. The molecule has 3 rings (SSSR count). The summed E-state index contributed by atoms with van der Waals surface area (Å²) in [6.07, 6.45) is 6.64. The molecule has 214 valence electrons. The quantitative estimate of drug-likeness (QED) is 0.352. The number of halogens is 2. The molecule has 0 bridgehead atoms. The van der Waals surface area contributed by atoms with Crippen LogP contribution in [0.5, 0.6) is 5.75 Å². The zero-order valence-corrected chi connectivity index (χ0v) is 25.0. The second kappa shape index (κ2) is 14.2. The number of amides is 2. The van der Waals surface area contributed by atoms with E-state index in [1.165, 1.54) is 22.7 Å². The predicted octanol–water partition coefficient (Wildman–Crippen LogP) is 5.41. The van der Waals surface area contributed by atoms with Crippen molar-refractivity contribution >= 4 is 50.7 Å². The Balaban J connectivity index is 1.74. The number of sulfonamides is 1. The molecular formula is C28H37Cl2N3O5S. The van der Waals surface area contributed by atoms with Gasteiger partial charge in [-0.05, 0) is 56.0 Å². The number of ether oxygens (including phenoxy) is 1. The number of carbonyl (C=O) groups is 2. The van der Waals surface area contributed by atoms with Crippen molar-refractivity contribution in [3.8, 4) is 5.75 Å². The highest BCUT2D eigenvalue weighted by Crippen LogP contribution is 2.26. The number of hydrogen-bond acceptors (Lipinski definition) is 5. The van der Waals surface area contributed by atoms with Gasteiger partial charge in [-0.1, -0.05) is 54.6 Å². The number of carbonyl (C=O) groups excluding carboxylic acids is 2. The fraction of sp³-hybridized carbons (Fsp3) is 0.500. The first kappa shape index (κ1) is 31.0. The van der Waals surface area contributed by atoms with Crippen LogP contribution in [0.1, 0.15) is 57.4 Å². The molecule has 2 aromatic carbocycles. The first-order chi connectivity index (χ1) is 18.5. The zero-order chi connectivity index (χ0) is 28.6. The lowest BCUT2D eigenvalue weighted by Gasteiger charge is -2.31. The van der Waals surface area contributed by atoms with Gasteiger partial charge >= 0.3 is 0 Å². The van der Waals surface area contributed by atoms with Gasteiger partial charge in [0.15, 0.2) is 0 Å². The monoisotopic (exact) mass is 597 g/mol. The average Bonchev–Trinajstić information content (AvgIpc) is 2.91. The molecule has 1 aliphatic carbocycles. The molecule has 39 heavy (non-hydrogen) atoms. The molecule has 1 fully saturated rings. The normalized spacial score (nSPS) is 14.9. The van der Waals surface area contributed by atoms with Gasteiger partial charge in [0.05, 0.1) is 29.1 Å². The van der Waals surface area contributed by atoms with Crippen molar-refractivity contribution in [1.29, 1.82) is 0 Å². The van der Waals surface area contributed by atoms with Crippen molar-refractivity contribution in [3.63, 3.8) is 0 Å². The van der Waals surface area contributed by atoms with E-state index in [2.05, 4.69) is 5.32 Å². The van der Waals surface area contributed by atoms with E-state index in [4.69, 9.17) is 27.9 Å². The van der Waals surface area contributed by atoms with Crippen molar-refractivity contribution in [3.05, 3.63) is 58.1 Å². The van der Waals surface area contributed by atoms with E-state index in [1.54, 1.807) is 49.4 Å². The van der Waals surface area contributed by atoms with E-state index in [0.717, 1.165) is 37.5 Å². The predicted molar refractivity (Wildman–Crippen MR) is 156 cm³/mol. The van der Waals surface area contributed by atoms with E-state index in [9.17, 15) is 18.0 Å². The number of rotatable bonds is 12. The lowest BCUT2D eigenvalue weighted by atomic mass is 9.95. The van der Waals surface area contributed by atoms with Gasteiger partial charge in [-0.15, -0.1) is 0 Å². The summed E-state index contributed by atoms with van der Waals surface area (Å²) in [6.45, 7) is 1.98.